The van der Waals surface area contributed by atoms with Gasteiger partial charge in [0.05, 0.1) is 17.8 Å². The van der Waals surface area contributed by atoms with Crippen LogP contribution in [0.2, 0.25) is 0 Å². The minimum Gasteiger partial charge on any atom is -0.359 e. The number of amides is 3. The van der Waals surface area contributed by atoms with Gasteiger partial charge in [-0.05, 0) is 37.7 Å². The van der Waals surface area contributed by atoms with E-state index in [0.717, 1.165) is 32.2 Å². The Hall–Kier alpha value is -2.64. The molecule has 1 saturated heterocycles. The van der Waals surface area contributed by atoms with Crippen LogP contribution in [0.5, 0.6) is 0 Å². The van der Waals surface area contributed by atoms with Gasteiger partial charge in [0.2, 0.25) is 11.8 Å². The number of nitrogens with one attached hydrogen (secondary N) is 2. The molecule has 1 aromatic heterocycles. The lowest BCUT2D eigenvalue weighted by molar-refractivity contribution is -0.127. The van der Waals surface area contributed by atoms with Crippen molar-refractivity contribution in [3.05, 3.63) is 17.8 Å². The summed E-state index contributed by atoms with van der Waals surface area (Å²) in [5, 5.41) is 5.90. The van der Waals surface area contributed by atoms with Gasteiger partial charge < -0.3 is 20.4 Å². The smallest absolute Gasteiger partial charge is 0.252 e. The minimum absolute atomic E-state index is 0.0176. The van der Waals surface area contributed by atoms with Crippen LogP contribution in [0.3, 0.4) is 0 Å². The highest BCUT2D eigenvalue weighted by Crippen LogP contribution is 2.35. The summed E-state index contributed by atoms with van der Waals surface area (Å²) in [6.07, 6.45) is 6.13. The van der Waals surface area contributed by atoms with E-state index in [1.54, 1.807) is 11.0 Å². The molecular formula is C19H25N5O3. The third-order valence-corrected chi connectivity index (χ3v) is 5.33. The van der Waals surface area contributed by atoms with Gasteiger partial charge in [-0.1, -0.05) is 0 Å². The molecule has 0 spiro atoms. The predicted molar refractivity (Wildman–Crippen MR) is 101 cm³/mol. The van der Waals surface area contributed by atoms with Crippen LogP contribution in [0.1, 0.15) is 42.5 Å². The number of fused-ring (bicyclic) bond motifs is 1. The van der Waals surface area contributed by atoms with Crippen LogP contribution in [-0.2, 0) is 9.59 Å². The molecule has 0 bridgehead atoms. The lowest BCUT2D eigenvalue weighted by atomic mass is 10.1. The number of aromatic nitrogens is 1. The molecule has 1 saturated carbocycles. The van der Waals surface area contributed by atoms with Crippen LogP contribution < -0.4 is 15.5 Å². The number of hydrogen-bond donors (Lipinski definition) is 2. The van der Waals surface area contributed by atoms with Gasteiger partial charge in [0.1, 0.15) is 5.82 Å². The number of anilines is 2. The fourth-order valence-corrected chi connectivity index (χ4v) is 3.58. The molecule has 0 radical (unpaired) electrons. The topological polar surface area (TPSA) is 94.6 Å². The van der Waals surface area contributed by atoms with Crippen LogP contribution in [-0.4, -0.2) is 60.3 Å². The van der Waals surface area contributed by atoms with Crippen LogP contribution in [0, 0.1) is 5.92 Å². The number of hydrogen-bond acceptors (Lipinski definition) is 5. The summed E-state index contributed by atoms with van der Waals surface area (Å²) in [6, 6.07) is 1.74. The van der Waals surface area contributed by atoms with Gasteiger partial charge in [0.15, 0.2) is 0 Å². The highest BCUT2D eigenvalue weighted by Gasteiger charge is 2.32. The van der Waals surface area contributed by atoms with E-state index >= 15 is 0 Å². The lowest BCUT2D eigenvalue weighted by Crippen LogP contribution is -2.41. The van der Waals surface area contributed by atoms with Crippen molar-refractivity contribution >= 4 is 29.2 Å². The average molecular weight is 371 g/mol. The van der Waals surface area contributed by atoms with Crippen LogP contribution >= 0.6 is 0 Å². The van der Waals surface area contributed by atoms with E-state index in [4.69, 9.17) is 0 Å². The van der Waals surface area contributed by atoms with Crippen molar-refractivity contribution in [1.29, 1.82) is 0 Å². The minimum atomic E-state index is -0.206. The van der Waals surface area contributed by atoms with Crippen LogP contribution in [0.4, 0.5) is 11.5 Å². The Kier molecular flexibility index (Phi) is 4.96. The number of rotatable bonds is 7. The Morgan fingerprint density at radius 2 is 2.15 bits per heavy atom. The van der Waals surface area contributed by atoms with Crippen molar-refractivity contribution in [2.45, 2.75) is 32.1 Å². The Labute approximate surface area is 158 Å². The number of carbonyl (C=O) groups is 3. The molecule has 27 heavy (non-hydrogen) atoms. The Morgan fingerprint density at radius 3 is 2.89 bits per heavy atom. The number of pyridine rings is 1. The molecule has 144 valence electrons. The van der Waals surface area contributed by atoms with Crippen molar-refractivity contribution in [1.82, 2.24) is 15.2 Å². The van der Waals surface area contributed by atoms with Gasteiger partial charge in [0.25, 0.3) is 5.91 Å². The zero-order chi connectivity index (χ0) is 18.8. The summed E-state index contributed by atoms with van der Waals surface area (Å²) in [5.74, 6) is 1.23. The van der Waals surface area contributed by atoms with E-state index in [9.17, 15) is 14.4 Å². The van der Waals surface area contributed by atoms with E-state index in [1.165, 1.54) is 6.20 Å². The monoisotopic (exact) mass is 371 g/mol. The quantitative estimate of drug-likeness (QED) is 0.697. The summed E-state index contributed by atoms with van der Waals surface area (Å²) in [7, 11) is 0. The van der Waals surface area contributed by atoms with Gasteiger partial charge in [-0.3, -0.25) is 14.4 Å². The van der Waals surface area contributed by atoms with E-state index in [2.05, 4.69) is 15.6 Å². The maximum Gasteiger partial charge on any atom is 0.252 e. The molecule has 0 unspecified atom stereocenters. The fourth-order valence-electron chi connectivity index (χ4n) is 3.58. The molecule has 3 aliphatic rings. The molecule has 0 atom stereocenters. The first-order chi connectivity index (χ1) is 13.1. The first-order valence-corrected chi connectivity index (χ1v) is 9.72. The lowest BCUT2D eigenvalue weighted by Gasteiger charge is -2.29. The third-order valence-electron chi connectivity index (χ3n) is 5.33. The van der Waals surface area contributed by atoms with Gasteiger partial charge >= 0.3 is 0 Å². The summed E-state index contributed by atoms with van der Waals surface area (Å²) >= 11 is 0. The maximum absolute atomic E-state index is 12.5. The highest BCUT2D eigenvalue weighted by atomic mass is 16.2. The molecule has 2 fully saturated rings. The van der Waals surface area contributed by atoms with Crippen LogP contribution in [0.25, 0.3) is 0 Å². The SMILES string of the molecule is O=C(NCCCN1CCCC1=O)c1cnc2c(c1)N(CC1CC1)C(=O)CN2. The first kappa shape index (κ1) is 17.8. The van der Waals surface area contributed by atoms with Crippen molar-refractivity contribution in [3.8, 4) is 0 Å². The van der Waals surface area contributed by atoms with E-state index in [1.807, 2.05) is 4.90 Å². The molecule has 4 rings (SSSR count). The zero-order valence-corrected chi connectivity index (χ0v) is 15.4. The molecule has 2 aliphatic heterocycles. The first-order valence-electron chi connectivity index (χ1n) is 9.72. The molecule has 3 amide bonds. The van der Waals surface area contributed by atoms with Crippen LogP contribution in [0.15, 0.2) is 12.3 Å². The zero-order valence-electron chi connectivity index (χ0n) is 15.4. The summed E-state index contributed by atoms with van der Waals surface area (Å²) in [6.45, 7) is 2.94. The maximum atomic E-state index is 12.5. The Bertz CT molecular complexity index is 762. The van der Waals surface area contributed by atoms with E-state index < -0.39 is 0 Å². The van der Waals surface area contributed by atoms with Gasteiger partial charge in [0, 0.05) is 38.8 Å². The normalized spacial score (nSPS) is 19.1. The highest BCUT2D eigenvalue weighted by molar-refractivity contribution is 6.04. The van der Waals surface area contributed by atoms with Gasteiger partial charge in [-0.2, -0.15) is 0 Å². The van der Waals surface area contributed by atoms with Crippen molar-refractivity contribution in [2.24, 2.45) is 5.92 Å². The molecule has 1 aliphatic carbocycles. The molecule has 0 aromatic carbocycles. The van der Waals surface area contributed by atoms with Gasteiger partial charge in [-0.25, -0.2) is 4.98 Å². The molecule has 1 aromatic rings. The molecule has 8 heteroatoms. The van der Waals surface area contributed by atoms with Crippen molar-refractivity contribution in [2.75, 3.05) is 42.9 Å². The third kappa shape index (κ3) is 4.04. The summed E-state index contributed by atoms with van der Waals surface area (Å²) in [5.41, 5.74) is 1.14. The summed E-state index contributed by atoms with van der Waals surface area (Å²) < 4.78 is 0. The fraction of sp³-hybridized carbons (Fsp3) is 0.579. The van der Waals surface area contributed by atoms with E-state index in [0.29, 0.717) is 49.0 Å². The molecular weight excluding hydrogens is 346 g/mol. The summed E-state index contributed by atoms with van der Waals surface area (Å²) in [4.78, 5) is 44.3. The second kappa shape index (κ2) is 7.54. The molecule has 8 nitrogen and oxygen atoms in total. The molecule has 2 N–H and O–H groups in total. The predicted octanol–water partition coefficient (Wildman–Crippen LogP) is 0.992. The van der Waals surface area contributed by atoms with Gasteiger partial charge in [-0.15, -0.1) is 0 Å². The number of nitrogens with zero attached hydrogens (tertiary/aromatic N) is 3. The second-order valence-corrected chi connectivity index (χ2v) is 7.49. The standard InChI is InChI=1S/C19H25N5O3/c25-16-3-1-7-23(16)8-2-6-20-19(27)14-9-15-18(21-10-14)22-11-17(26)24(15)12-13-4-5-13/h9-10,13H,1-8,11-12H2,(H,20,27)(H,21,22). The van der Waals surface area contributed by atoms with Crippen molar-refractivity contribution < 1.29 is 14.4 Å². The second-order valence-electron chi connectivity index (χ2n) is 7.49. The number of carbonyl (C=O) groups excluding carboxylic acids is 3. The van der Waals surface area contributed by atoms with E-state index in [-0.39, 0.29) is 24.3 Å². The Balaban J connectivity index is 1.35. The Morgan fingerprint density at radius 1 is 1.30 bits per heavy atom. The van der Waals surface area contributed by atoms with Crippen molar-refractivity contribution in [3.63, 3.8) is 0 Å². The molecule has 3 heterocycles. The average Bonchev–Trinajstić information content (AvgIpc) is 3.40. The number of likely N-dealkylation sites (tertiary alicyclic amines) is 1. The largest absolute Gasteiger partial charge is 0.359 e.